The highest BCUT2D eigenvalue weighted by atomic mass is 32.1. The minimum absolute atomic E-state index is 0.328. The molecule has 106 valence electrons. The highest BCUT2D eigenvalue weighted by Gasteiger charge is 2.24. The summed E-state index contributed by atoms with van der Waals surface area (Å²) in [7, 11) is 0. The average Bonchev–Trinajstić information content (AvgIpc) is 3.04. The zero-order valence-electron chi connectivity index (χ0n) is 11.5. The van der Waals surface area contributed by atoms with Crippen LogP contribution in [-0.4, -0.2) is 42.6 Å². The van der Waals surface area contributed by atoms with Crippen molar-refractivity contribution >= 4 is 16.5 Å². The van der Waals surface area contributed by atoms with Crippen molar-refractivity contribution in [2.75, 3.05) is 37.6 Å². The third-order valence-electron chi connectivity index (χ3n) is 3.85. The molecule has 0 saturated carbocycles. The van der Waals surface area contributed by atoms with Crippen LogP contribution in [0, 0.1) is 0 Å². The first-order valence-electron chi connectivity index (χ1n) is 7.02. The fraction of sp³-hybridized carbons (Fsp3) is 0.400. The van der Waals surface area contributed by atoms with Gasteiger partial charge in [0.1, 0.15) is 0 Å². The molecule has 1 aromatic heterocycles. The maximum atomic E-state index is 6.00. The van der Waals surface area contributed by atoms with Crippen LogP contribution in [0.4, 0.5) is 5.13 Å². The lowest BCUT2D eigenvalue weighted by molar-refractivity contribution is 0.190. The van der Waals surface area contributed by atoms with Crippen molar-refractivity contribution in [1.29, 1.82) is 0 Å². The minimum atomic E-state index is 0.328. The SMILES string of the molecule is NCC(c1ccccc1)N1CCN(c2nccs2)CC1. The lowest BCUT2D eigenvalue weighted by Crippen LogP contribution is -2.49. The van der Waals surface area contributed by atoms with Gasteiger partial charge in [-0.3, -0.25) is 4.90 Å². The molecule has 2 aromatic rings. The molecule has 3 rings (SSSR count). The van der Waals surface area contributed by atoms with E-state index in [9.17, 15) is 0 Å². The number of hydrogen-bond acceptors (Lipinski definition) is 5. The molecular weight excluding hydrogens is 268 g/mol. The minimum Gasteiger partial charge on any atom is -0.346 e. The zero-order valence-corrected chi connectivity index (χ0v) is 12.3. The first-order chi connectivity index (χ1) is 9.88. The standard InChI is InChI=1S/C15H20N4S/c16-12-14(13-4-2-1-3-5-13)18-7-9-19(10-8-18)15-17-6-11-20-15/h1-6,11,14H,7-10,12,16H2. The number of hydrogen-bond donors (Lipinski definition) is 1. The summed E-state index contributed by atoms with van der Waals surface area (Å²) < 4.78 is 0. The molecule has 1 saturated heterocycles. The first kappa shape index (κ1) is 13.5. The number of rotatable bonds is 4. The van der Waals surface area contributed by atoms with Gasteiger partial charge in [-0.05, 0) is 5.56 Å². The van der Waals surface area contributed by atoms with Crippen LogP contribution in [0.15, 0.2) is 41.9 Å². The van der Waals surface area contributed by atoms with E-state index in [-0.39, 0.29) is 0 Å². The molecule has 0 amide bonds. The smallest absolute Gasteiger partial charge is 0.185 e. The molecule has 1 aliphatic rings. The molecule has 0 radical (unpaired) electrons. The Morgan fingerprint density at radius 1 is 1.15 bits per heavy atom. The summed E-state index contributed by atoms with van der Waals surface area (Å²) in [5.41, 5.74) is 7.32. The molecule has 1 aliphatic heterocycles. The van der Waals surface area contributed by atoms with Crippen LogP contribution in [0.5, 0.6) is 0 Å². The summed E-state index contributed by atoms with van der Waals surface area (Å²) in [6.07, 6.45) is 1.87. The van der Waals surface area contributed by atoms with Gasteiger partial charge in [-0.2, -0.15) is 0 Å². The van der Waals surface area contributed by atoms with Crippen LogP contribution in [0.2, 0.25) is 0 Å². The Hall–Kier alpha value is -1.43. The van der Waals surface area contributed by atoms with Gasteiger partial charge in [-0.25, -0.2) is 4.98 Å². The maximum absolute atomic E-state index is 6.00. The van der Waals surface area contributed by atoms with E-state index >= 15 is 0 Å². The maximum Gasteiger partial charge on any atom is 0.185 e. The number of piperazine rings is 1. The lowest BCUT2D eigenvalue weighted by Gasteiger charge is -2.39. The largest absolute Gasteiger partial charge is 0.346 e. The number of nitrogens with zero attached hydrogens (tertiary/aromatic N) is 3. The number of aromatic nitrogens is 1. The molecule has 0 aliphatic carbocycles. The Bertz CT molecular complexity index is 506. The topological polar surface area (TPSA) is 45.4 Å². The first-order valence-corrected chi connectivity index (χ1v) is 7.90. The molecule has 4 nitrogen and oxygen atoms in total. The van der Waals surface area contributed by atoms with Gasteiger partial charge < -0.3 is 10.6 Å². The molecule has 2 N–H and O–H groups in total. The summed E-state index contributed by atoms with van der Waals surface area (Å²) in [6.45, 7) is 4.79. The van der Waals surface area contributed by atoms with E-state index in [1.54, 1.807) is 11.3 Å². The van der Waals surface area contributed by atoms with E-state index in [1.807, 2.05) is 11.6 Å². The van der Waals surface area contributed by atoms with Gasteiger partial charge in [0.05, 0.1) is 0 Å². The Labute approximate surface area is 123 Å². The van der Waals surface area contributed by atoms with Crippen molar-refractivity contribution in [3.8, 4) is 0 Å². The van der Waals surface area contributed by atoms with E-state index in [0.29, 0.717) is 12.6 Å². The second-order valence-electron chi connectivity index (χ2n) is 5.00. The molecule has 1 fully saturated rings. The molecule has 5 heteroatoms. The number of nitrogens with two attached hydrogens (primary N) is 1. The van der Waals surface area contributed by atoms with Crippen molar-refractivity contribution in [3.05, 3.63) is 47.5 Å². The van der Waals surface area contributed by atoms with E-state index in [4.69, 9.17) is 5.73 Å². The van der Waals surface area contributed by atoms with Crippen LogP contribution in [0.1, 0.15) is 11.6 Å². The van der Waals surface area contributed by atoms with Gasteiger partial charge in [-0.1, -0.05) is 30.3 Å². The summed E-state index contributed by atoms with van der Waals surface area (Å²) in [6, 6.07) is 10.9. The van der Waals surface area contributed by atoms with E-state index in [0.717, 1.165) is 31.3 Å². The Morgan fingerprint density at radius 2 is 1.90 bits per heavy atom. The van der Waals surface area contributed by atoms with Gasteiger partial charge in [0, 0.05) is 50.3 Å². The van der Waals surface area contributed by atoms with E-state index in [1.165, 1.54) is 5.56 Å². The summed E-state index contributed by atoms with van der Waals surface area (Å²) in [5, 5.41) is 3.17. The van der Waals surface area contributed by atoms with E-state index < -0.39 is 0 Å². The van der Waals surface area contributed by atoms with Gasteiger partial charge in [0.15, 0.2) is 5.13 Å². The Kier molecular flexibility index (Phi) is 4.30. The number of thiazole rings is 1. The van der Waals surface area contributed by atoms with Crippen LogP contribution in [0.25, 0.3) is 0 Å². The second kappa shape index (κ2) is 6.35. The monoisotopic (exact) mass is 288 g/mol. The molecule has 2 heterocycles. The zero-order chi connectivity index (χ0) is 13.8. The molecule has 1 unspecified atom stereocenters. The van der Waals surface area contributed by atoms with Crippen molar-refractivity contribution in [1.82, 2.24) is 9.88 Å². The van der Waals surface area contributed by atoms with Crippen LogP contribution in [-0.2, 0) is 0 Å². The van der Waals surface area contributed by atoms with Crippen molar-refractivity contribution in [2.24, 2.45) is 5.73 Å². The Morgan fingerprint density at radius 3 is 2.50 bits per heavy atom. The third kappa shape index (κ3) is 2.85. The highest BCUT2D eigenvalue weighted by molar-refractivity contribution is 7.13. The molecule has 1 aromatic carbocycles. The quantitative estimate of drug-likeness (QED) is 0.934. The fourth-order valence-electron chi connectivity index (χ4n) is 2.77. The van der Waals surface area contributed by atoms with Gasteiger partial charge in [-0.15, -0.1) is 11.3 Å². The third-order valence-corrected chi connectivity index (χ3v) is 4.68. The lowest BCUT2D eigenvalue weighted by atomic mass is 10.0. The van der Waals surface area contributed by atoms with Gasteiger partial charge in [0.2, 0.25) is 0 Å². The average molecular weight is 288 g/mol. The predicted octanol–water partition coefficient (Wildman–Crippen LogP) is 1.97. The Balaban J connectivity index is 1.65. The highest BCUT2D eigenvalue weighted by Crippen LogP contribution is 2.24. The predicted molar refractivity (Wildman–Crippen MR) is 84.1 cm³/mol. The van der Waals surface area contributed by atoms with Crippen molar-refractivity contribution in [2.45, 2.75) is 6.04 Å². The summed E-state index contributed by atoms with van der Waals surface area (Å²) in [5.74, 6) is 0. The van der Waals surface area contributed by atoms with Crippen molar-refractivity contribution < 1.29 is 0 Å². The molecule has 1 atom stereocenters. The van der Waals surface area contributed by atoms with Crippen LogP contribution >= 0.6 is 11.3 Å². The molecular formula is C15H20N4S. The number of anilines is 1. The van der Waals surface area contributed by atoms with Gasteiger partial charge >= 0.3 is 0 Å². The second-order valence-corrected chi connectivity index (χ2v) is 5.87. The molecule has 20 heavy (non-hydrogen) atoms. The van der Waals surface area contributed by atoms with Crippen molar-refractivity contribution in [3.63, 3.8) is 0 Å². The normalized spacial score (nSPS) is 18.1. The molecule has 0 bridgehead atoms. The molecule has 0 spiro atoms. The van der Waals surface area contributed by atoms with E-state index in [2.05, 4.69) is 45.1 Å². The number of benzene rings is 1. The van der Waals surface area contributed by atoms with Gasteiger partial charge in [0.25, 0.3) is 0 Å². The summed E-state index contributed by atoms with van der Waals surface area (Å²) in [4.78, 5) is 9.24. The van der Waals surface area contributed by atoms with Crippen LogP contribution < -0.4 is 10.6 Å². The fourth-order valence-corrected chi connectivity index (χ4v) is 3.46. The van der Waals surface area contributed by atoms with Crippen LogP contribution in [0.3, 0.4) is 0 Å². The summed E-state index contributed by atoms with van der Waals surface area (Å²) >= 11 is 1.71.